The van der Waals surface area contributed by atoms with Crippen LogP contribution in [0.1, 0.15) is 68.9 Å². The Morgan fingerprint density at radius 3 is 2.49 bits per heavy atom. The number of fused-ring (bicyclic) bond motifs is 1. The van der Waals surface area contributed by atoms with Crippen molar-refractivity contribution in [3.8, 4) is 11.3 Å². The average molecular weight is 674 g/mol. The van der Waals surface area contributed by atoms with Gasteiger partial charge in [-0.25, -0.2) is 0 Å². The molecule has 3 heterocycles. The number of methoxy groups -OCH3 is 1. The van der Waals surface area contributed by atoms with Crippen LogP contribution in [0.2, 0.25) is 0 Å². The smallest absolute Gasteiger partial charge is 0.406 e. The Balaban J connectivity index is 1.86. The molecule has 1 aromatic carbocycles. The van der Waals surface area contributed by atoms with Gasteiger partial charge in [-0.1, -0.05) is 29.8 Å². The monoisotopic (exact) mass is 672 g/mol. The number of carbonyl (C=O) groups excluding carboxylic acids is 1. The number of benzene rings is 1. The van der Waals surface area contributed by atoms with Crippen molar-refractivity contribution < 1.29 is 38.4 Å². The average Bonchev–Trinajstić information content (AvgIpc) is 3.77. The van der Waals surface area contributed by atoms with E-state index in [0.29, 0.717) is 38.1 Å². The SMILES string of the molecule is [2H]C1([2H])N(c2cnc([C@H](C)OC)c(-c3c(CC(C)(C)COC(C)=O)c4cc(Br)ccc4n3CC(F)(F)F)c2)C([2H])([2H])C([2H])([2H])N(C2CC2)C1([2H])[2H]. The van der Waals surface area contributed by atoms with Gasteiger partial charge in [-0.05, 0) is 56.0 Å². The molecule has 7 nitrogen and oxygen atoms in total. The van der Waals surface area contributed by atoms with Gasteiger partial charge in [0.2, 0.25) is 0 Å². The van der Waals surface area contributed by atoms with Crippen LogP contribution < -0.4 is 4.90 Å². The lowest BCUT2D eigenvalue weighted by molar-refractivity contribution is -0.144. The Morgan fingerprint density at radius 1 is 1.19 bits per heavy atom. The van der Waals surface area contributed by atoms with E-state index in [1.54, 1.807) is 32.9 Å². The van der Waals surface area contributed by atoms with Gasteiger partial charge in [-0.2, -0.15) is 13.2 Å². The second-order valence-corrected chi connectivity index (χ2v) is 12.6. The first-order valence-electron chi connectivity index (χ1n) is 17.9. The minimum absolute atomic E-state index is 0.00772. The lowest BCUT2D eigenvalue weighted by Gasteiger charge is -2.36. The molecule has 234 valence electrons. The number of piperazine rings is 1. The molecule has 11 heteroatoms. The molecule has 0 amide bonds. The molecule has 5 rings (SSSR count). The Labute approximate surface area is 270 Å². The Morgan fingerprint density at radius 2 is 1.88 bits per heavy atom. The zero-order valence-electron chi connectivity index (χ0n) is 32.6. The highest BCUT2D eigenvalue weighted by Gasteiger charge is 2.35. The van der Waals surface area contributed by atoms with Gasteiger partial charge in [-0.15, -0.1) is 0 Å². The van der Waals surface area contributed by atoms with Crippen molar-refractivity contribution in [1.82, 2.24) is 14.5 Å². The normalized spacial score (nSPS) is 24.9. The van der Waals surface area contributed by atoms with E-state index < -0.39 is 67.9 Å². The van der Waals surface area contributed by atoms with E-state index in [1.807, 2.05) is 0 Å². The topological polar surface area (TPSA) is 59.8 Å². The second kappa shape index (κ2) is 12.4. The van der Waals surface area contributed by atoms with E-state index in [2.05, 4.69) is 20.9 Å². The predicted molar refractivity (Wildman–Crippen MR) is 165 cm³/mol. The van der Waals surface area contributed by atoms with Crippen LogP contribution in [0, 0.1) is 5.41 Å². The molecule has 0 radical (unpaired) electrons. The maximum atomic E-state index is 14.5. The molecule has 1 saturated heterocycles. The van der Waals surface area contributed by atoms with Crippen molar-refractivity contribution in [3.63, 3.8) is 0 Å². The van der Waals surface area contributed by atoms with Crippen LogP contribution in [0.5, 0.6) is 0 Å². The fourth-order valence-corrected chi connectivity index (χ4v) is 5.53. The maximum absolute atomic E-state index is 14.5. The quantitative estimate of drug-likeness (QED) is 0.213. The fourth-order valence-electron chi connectivity index (χ4n) is 5.17. The highest BCUT2D eigenvalue weighted by atomic mass is 79.9. The molecule has 0 N–H and O–H groups in total. The van der Waals surface area contributed by atoms with E-state index in [4.69, 9.17) is 20.4 Å². The number of rotatable bonds is 10. The Kier molecular flexibility index (Phi) is 6.58. The largest absolute Gasteiger partial charge is 0.465 e. The molecule has 1 aliphatic heterocycles. The van der Waals surface area contributed by atoms with Crippen LogP contribution in [0.3, 0.4) is 0 Å². The van der Waals surface area contributed by atoms with Crippen molar-refractivity contribution in [1.29, 1.82) is 0 Å². The first kappa shape index (κ1) is 22.8. The number of hydrogen-bond donors (Lipinski definition) is 0. The molecule has 2 fully saturated rings. The van der Waals surface area contributed by atoms with E-state index in [9.17, 15) is 18.0 Å². The van der Waals surface area contributed by atoms with E-state index in [-0.39, 0.29) is 35.5 Å². The third-order valence-corrected chi connectivity index (χ3v) is 7.91. The summed E-state index contributed by atoms with van der Waals surface area (Å²) in [6, 6.07) is 5.27. The van der Waals surface area contributed by atoms with Crippen molar-refractivity contribution in [3.05, 3.63) is 46.2 Å². The molecule has 2 aliphatic rings. The summed E-state index contributed by atoms with van der Waals surface area (Å²) in [6.45, 7) is -7.61. The van der Waals surface area contributed by atoms with Gasteiger partial charge in [0, 0.05) is 77.9 Å². The summed E-state index contributed by atoms with van der Waals surface area (Å²) in [5.41, 5.74) is -0.492. The van der Waals surface area contributed by atoms with Crippen LogP contribution in [-0.4, -0.2) is 72.3 Å². The summed E-state index contributed by atoms with van der Waals surface area (Å²) in [7, 11) is 1.37. The van der Waals surface area contributed by atoms with Gasteiger partial charge < -0.3 is 18.9 Å². The third-order valence-electron chi connectivity index (χ3n) is 7.42. The summed E-state index contributed by atoms with van der Waals surface area (Å²) >= 11 is 3.43. The van der Waals surface area contributed by atoms with Crippen LogP contribution in [0.4, 0.5) is 18.9 Å². The van der Waals surface area contributed by atoms with Crippen molar-refractivity contribution in [2.45, 2.75) is 71.8 Å². The zero-order chi connectivity index (χ0) is 38.3. The van der Waals surface area contributed by atoms with Crippen LogP contribution >= 0.6 is 15.9 Å². The van der Waals surface area contributed by atoms with Gasteiger partial charge in [0.25, 0.3) is 0 Å². The minimum Gasteiger partial charge on any atom is -0.465 e. The molecule has 0 bridgehead atoms. The van der Waals surface area contributed by atoms with Gasteiger partial charge in [0.15, 0.2) is 0 Å². The molecule has 3 aromatic rings. The third kappa shape index (κ3) is 7.37. The van der Waals surface area contributed by atoms with Crippen LogP contribution in [-0.2, 0) is 27.2 Å². The standard InChI is InChI=1S/C32H40BrF3N4O3/c1-20(42-5)29-26(15-24(17-37-29)39-12-10-38(11-13-39)23-7-8-23)30-27(16-31(3,4)19-43-21(2)41)25-14-22(33)6-9-28(25)40(30)18-32(34,35)36/h6,9,14-15,17,20,23H,7-8,10-13,16,18-19H2,1-5H3/t20-/m0/s1/i10D2,11D2,12D2,13D2. The molecular weight excluding hydrogens is 625 g/mol. The summed E-state index contributed by atoms with van der Waals surface area (Å²) in [5, 5.41) is 0.428. The highest BCUT2D eigenvalue weighted by Crippen LogP contribution is 2.43. The van der Waals surface area contributed by atoms with Crippen molar-refractivity contribution in [2.75, 3.05) is 44.6 Å². The van der Waals surface area contributed by atoms with Crippen molar-refractivity contribution >= 4 is 38.5 Å². The number of anilines is 1. The molecule has 43 heavy (non-hydrogen) atoms. The number of nitrogens with zero attached hydrogens (tertiary/aromatic N) is 4. The maximum Gasteiger partial charge on any atom is 0.406 e. The molecule has 0 unspecified atom stereocenters. The summed E-state index contributed by atoms with van der Waals surface area (Å²) in [6.07, 6.45) is -3.73. The molecule has 1 saturated carbocycles. The predicted octanol–water partition coefficient (Wildman–Crippen LogP) is 7.15. The second-order valence-electron chi connectivity index (χ2n) is 11.7. The zero-order valence-corrected chi connectivity index (χ0v) is 26.2. The summed E-state index contributed by atoms with van der Waals surface area (Å²) in [5.74, 6) is -0.538. The number of carbonyl (C=O) groups is 1. The number of aromatic nitrogens is 2. The van der Waals surface area contributed by atoms with Crippen LogP contribution in [0.15, 0.2) is 34.9 Å². The van der Waals surface area contributed by atoms with Crippen LogP contribution in [0.25, 0.3) is 22.2 Å². The molecule has 2 aromatic heterocycles. The molecule has 0 spiro atoms. The first-order chi connectivity index (χ1) is 23.3. The van der Waals surface area contributed by atoms with E-state index in [0.717, 1.165) is 10.8 Å². The molecule has 1 atom stereocenters. The summed E-state index contributed by atoms with van der Waals surface area (Å²) < 4.78 is 127. The van der Waals surface area contributed by atoms with Gasteiger partial charge in [0.1, 0.15) is 6.54 Å². The first-order valence-corrected chi connectivity index (χ1v) is 14.7. The number of alkyl halides is 3. The van der Waals surface area contributed by atoms with Gasteiger partial charge in [-0.3, -0.25) is 14.7 Å². The van der Waals surface area contributed by atoms with E-state index in [1.165, 1.54) is 26.2 Å². The number of halogens is 4. The Bertz CT molecular complexity index is 1810. The van der Waals surface area contributed by atoms with Crippen molar-refractivity contribution in [2.24, 2.45) is 5.41 Å². The van der Waals surface area contributed by atoms with Gasteiger partial charge in [0.05, 0.1) is 41.5 Å². The molecule has 1 aliphatic carbocycles. The van der Waals surface area contributed by atoms with Gasteiger partial charge >= 0.3 is 12.1 Å². The Hall–Kier alpha value is -2.63. The number of esters is 1. The minimum atomic E-state index is -4.73. The number of ether oxygens (including phenoxy) is 2. The lowest BCUT2D eigenvalue weighted by atomic mass is 9.84. The summed E-state index contributed by atoms with van der Waals surface area (Å²) in [4.78, 5) is 17.2. The molecular formula is C32H40BrF3N4O3. The highest BCUT2D eigenvalue weighted by molar-refractivity contribution is 9.10. The number of pyridine rings is 1. The fraction of sp³-hybridized carbons (Fsp3) is 0.562. The number of hydrogen-bond acceptors (Lipinski definition) is 6. The van der Waals surface area contributed by atoms with E-state index >= 15 is 0 Å². The lowest BCUT2D eigenvalue weighted by Crippen LogP contribution is -2.47.